The first-order valence-electron chi connectivity index (χ1n) is 18.8. The van der Waals surface area contributed by atoms with Gasteiger partial charge in [-0.25, -0.2) is 0 Å². The molecule has 10 unspecified atom stereocenters. The summed E-state index contributed by atoms with van der Waals surface area (Å²) >= 11 is 0. The Kier molecular flexibility index (Phi) is 15.3. The zero-order valence-electron chi connectivity index (χ0n) is 33.5. The highest BCUT2D eigenvalue weighted by Crippen LogP contribution is 2.41. The van der Waals surface area contributed by atoms with E-state index in [4.69, 9.17) is 28.4 Å². The summed E-state index contributed by atoms with van der Waals surface area (Å²) in [5.74, 6) is -4.21. The first-order chi connectivity index (χ1) is 24.0. The van der Waals surface area contributed by atoms with Crippen LogP contribution in [0.5, 0.6) is 0 Å². The molecule has 0 radical (unpaired) electrons. The van der Waals surface area contributed by atoms with Gasteiger partial charge in [-0.15, -0.1) is 0 Å². The lowest BCUT2D eigenvalue weighted by atomic mass is 9.72. The van der Waals surface area contributed by atoms with Crippen molar-refractivity contribution in [3.05, 3.63) is 4.91 Å². The molecule has 0 bridgehead atoms. The Hall–Kier alpha value is -1.37. The number of hydrogen-bond donors (Lipinski definition) is 5. The molecule has 0 aromatic carbocycles. The third-order valence-electron chi connectivity index (χ3n) is 12.2. The van der Waals surface area contributed by atoms with Crippen LogP contribution in [0.1, 0.15) is 94.9 Å². The van der Waals surface area contributed by atoms with Crippen LogP contribution in [0.15, 0.2) is 5.18 Å². The van der Waals surface area contributed by atoms with Crippen molar-refractivity contribution < 1.29 is 58.7 Å². The average Bonchev–Trinajstić information content (AvgIpc) is 3.06. The number of hydrogen-bond acceptors (Lipinski definition) is 15. The van der Waals surface area contributed by atoms with E-state index < -0.39 is 108 Å². The van der Waals surface area contributed by atoms with Gasteiger partial charge >= 0.3 is 5.97 Å². The standard InChI is InChI=1S/C37H68N2O13/c1-14-25-37(10,45)30(41)20(4)27(38-46)18(2)16-35(8,44)32(52-34-28(40)24(39(11)12)15-19(3)48-34)21(5)29(22(6)33(43)50-25)51-26-17-36(9,47-13)31(42)23(7)49-26/h18-32,34,40-42,44-45H,14-17H2,1-13H3/t18-,19?,20+,21?,22-,23?,24?,25-,26?,27?,28?,29+,30-,31?,32-,34?,35-,36?,37-/m1/s1. The van der Waals surface area contributed by atoms with Crippen molar-refractivity contribution in [2.75, 3.05) is 21.2 Å². The molecular formula is C37H68N2O13. The number of carbonyl (C=O) groups is 1. The number of rotatable bonds is 8. The van der Waals surface area contributed by atoms with E-state index in [0.717, 1.165) is 0 Å². The molecule has 3 aliphatic rings. The first kappa shape index (κ1) is 45.0. The Morgan fingerprint density at radius 3 is 2.08 bits per heavy atom. The molecule has 19 atom stereocenters. The molecule has 0 aliphatic carbocycles. The highest BCUT2D eigenvalue weighted by atomic mass is 16.7. The maximum Gasteiger partial charge on any atom is 0.311 e. The molecule has 0 aromatic heterocycles. The largest absolute Gasteiger partial charge is 0.459 e. The fraction of sp³-hybridized carbons (Fsp3) is 0.973. The van der Waals surface area contributed by atoms with E-state index in [2.05, 4.69) is 5.18 Å². The first-order valence-corrected chi connectivity index (χ1v) is 18.8. The average molecular weight is 749 g/mol. The molecule has 0 amide bonds. The van der Waals surface area contributed by atoms with Crippen LogP contribution >= 0.6 is 0 Å². The normalized spacial score (nSPS) is 50.3. The Bertz CT molecular complexity index is 1170. The lowest BCUT2D eigenvalue weighted by Crippen LogP contribution is -2.61. The van der Waals surface area contributed by atoms with E-state index in [1.165, 1.54) is 14.0 Å². The monoisotopic (exact) mass is 748 g/mol. The van der Waals surface area contributed by atoms with Gasteiger partial charge in [0.05, 0.1) is 53.7 Å². The van der Waals surface area contributed by atoms with Crippen LogP contribution < -0.4 is 0 Å². The number of ether oxygens (including phenoxy) is 6. The van der Waals surface area contributed by atoms with Gasteiger partial charge in [0.15, 0.2) is 12.6 Å². The summed E-state index contributed by atoms with van der Waals surface area (Å²) in [6.45, 7) is 16.6. The van der Waals surface area contributed by atoms with Gasteiger partial charge in [0.1, 0.15) is 23.9 Å². The zero-order chi connectivity index (χ0) is 39.7. The molecule has 52 heavy (non-hydrogen) atoms. The quantitative estimate of drug-likeness (QED) is 0.179. The summed E-state index contributed by atoms with van der Waals surface area (Å²) in [7, 11) is 5.18. The van der Waals surface area contributed by atoms with Gasteiger partial charge in [0.25, 0.3) is 0 Å². The van der Waals surface area contributed by atoms with Crippen LogP contribution in [0.3, 0.4) is 0 Å². The van der Waals surface area contributed by atoms with Crippen molar-refractivity contribution in [3.8, 4) is 0 Å². The third-order valence-corrected chi connectivity index (χ3v) is 12.2. The number of esters is 1. The number of nitrogens with zero attached hydrogens (tertiary/aromatic N) is 2. The van der Waals surface area contributed by atoms with Crippen LogP contribution in [0.4, 0.5) is 0 Å². The van der Waals surface area contributed by atoms with Crippen molar-refractivity contribution in [2.24, 2.45) is 28.8 Å². The summed E-state index contributed by atoms with van der Waals surface area (Å²) < 4.78 is 37.2. The predicted molar refractivity (Wildman–Crippen MR) is 191 cm³/mol. The van der Waals surface area contributed by atoms with E-state index in [0.29, 0.717) is 6.42 Å². The lowest BCUT2D eigenvalue weighted by molar-refractivity contribution is -0.318. The van der Waals surface area contributed by atoms with E-state index in [-0.39, 0.29) is 31.4 Å². The number of cyclic esters (lactones) is 1. The highest BCUT2D eigenvalue weighted by molar-refractivity contribution is 5.73. The minimum absolute atomic E-state index is 0.0687. The second kappa shape index (κ2) is 17.6. The van der Waals surface area contributed by atoms with Crippen molar-refractivity contribution in [2.45, 2.75) is 185 Å². The molecule has 3 heterocycles. The molecule has 15 nitrogen and oxygen atoms in total. The zero-order valence-corrected chi connectivity index (χ0v) is 33.5. The van der Waals surface area contributed by atoms with Crippen LogP contribution in [0.25, 0.3) is 0 Å². The minimum Gasteiger partial charge on any atom is -0.459 e. The predicted octanol–water partition coefficient (Wildman–Crippen LogP) is 2.35. The van der Waals surface area contributed by atoms with Gasteiger partial charge in [-0.1, -0.05) is 32.9 Å². The summed E-state index contributed by atoms with van der Waals surface area (Å²) in [6.07, 6.45) is -9.58. The highest BCUT2D eigenvalue weighted by Gasteiger charge is 2.54. The van der Waals surface area contributed by atoms with Crippen molar-refractivity contribution >= 4 is 5.97 Å². The molecule has 3 saturated heterocycles. The Morgan fingerprint density at radius 1 is 0.923 bits per heavy atom. The van der Waals surface area contributed by atoms with Crippen LogP contribution in [-0.2, 0) is 33.2 Å². The second-order valence-corrected chi connectivity index (χ2v) is 16.8. The topological polar surface area (TPSA) is 206 Å². The van der Waals surface area contributed by atoms with Crippen LogP contribution in [0.2, 0.25) is 0 Å². The lowest BCUT2D eigenvalue weighted by Gasteiger charge is -2.49. The smallest absolute Gasteiger partial charge is 0.311 e. The van der Waals surface area contributed by atoms with Gasteiger partial charge in [-0.2, -0.15) is 4.91 Å². The Morgan fingerprint density at radius 2 is 1.54 bits per heavy atom. The molecule has 304 valence electrons. The third kappa shape index (κ3) is 9.52. The van der Waals surface area contributed by atoms with Gasteiger partial charge in [0.2, 0.25) is 0 Å². The van der Waals surface area contributed by atoms with Crippen molar-refractivity contribution in [1.29, 1.82) is 0 Å². The van der Waals surface area contributed by atoms with E-state index in [1.54, 1.807) is 55.4 Å². The SMILES string of the molecule is CC[C@H]1OC(=O)[C@H](C)[C@@H](OC2CC(C)(OC)C(O)C(C)O2)C(C)[C@@H](OC2OC(C)CC(N(C)C)C2O)[C@](C)(O)C[C@@H](C)C(N=O)[C@H](C)[C@@H](O)[C@]1(C)O. The van der Waals surface area contributed by atoms with Gasteiger partial charge in [-0.05, 0) is 80.8 Å². The number of aliphatic hydroxyl groups is 5. The second-order valence-electron chi connectivity index (χ2n) is 16.8. The van der Waals surface area contributed by atoms with Gasteiger partial charge in [0, 0.05) is 31.4 Å². The van der Waals surface area contributed by atoms with Gasteiger partial charge in [-0.3, -0.25) is 4.79 Å². The van der Waals surface area contributed by atoms with E-state index in [9.17, 15) is 35.2 Å². The Labute approximate surface area is 309 Å². The number of aliphatic hydroxyl groups excluding tert-OH is 3. The Balaban J connectivity index is 2.21. The minimum atomic E-state index is -1.97. The number of likely N-dealkylation sites (N-methyl/N-ethyl adjacent to an activating group) is 1. The number of methoxy groups -OCH3 is 1. The summed E-state index contributed by atoms with van der Waals surface area (Å²) in [4.78, 5) is 28.4. The molecule has 3 aliphatic heterocycles. The molecule has 3 fully saturated rings. The molecule has 3 rings (SSSR count). The summed E-state index contributed by atoms with van der Waals surface area (Å²) in [5, 5.41) is 61.4. The molecule has 0 saturated carbocycles. The van der Waals surface area contributed by atoms with Crippen LogP contribution in [0, 0.1) is 28.6 Å². The van der Waals surface area contributed by atoms with Gasteiger partial charge < -0.3 is 58.9 Å². The maximum atomic E-state index is 14.1. The maximum absolute atomic E-state index is 14.1. The molecule has 5 N–H and O–H groups in total. The molecular weight excluding hydrogens is 680 g/mol. The molecule has 15 heteroatoms. The van der Waals surface area contributed by atoms with Crippen molar-refractivity contribution in [3.63, 3.8) is 0 Å². The van der Waals surface area contributed by atoms with Crippen molar-refractivity contribution in [1.82, 2.24) is 4.90 Å². The van der Waals surface area contributed by atoms with E-state index >= 15 is 0 Å². The van der Waals surface area contributed by atoms with E-state index in [1.807, 2.05) is 25.9 Å². The molecule has 0 aromatic rings. The summed E-state index contributed by atoms with van der Waals surface area (Å²) in [6, 6.07) is -1.40. The number of nitroso groups, excluding NO2 is 1. The molecule has 0 spiro atoms. The summed E-state index contributed by atoms with van der Waals surface area (Å²) in [5.41, 5.74) is -4.80. The number of carbonyl (C=O) groups excluding carboxylic acids is 1. The fourth-order valence-electron chi connectivity index (χ4n) is 8.79. The fourth-order valence-corrected chi connectivity index (χ4v) is 8.79. The van der Waals surface area contributed by atoms with Crippen LogP contribution in [-0.4, -0.2) is 148 Å².